The van der Waals surface area contributed by atoms with Gasteiger partial charge in [-0.05, 0) is 37.5 Å². The van der Waals surface area contributed by atoms with E-state index in [2.05, 4.69) is 0 Å². The topological polar surface area (TPSA) is 40.5 Å². The summed E-state index contributed by atoms with van der Waals surface area (Å²) < 4.78 is 0. The van der Waals surface area contributed by atoms with Gasteiger partial charge in [-0.3, -0.25) is 4.79 Å². The Balaban J connectivity index is 1.68. The lowest BCUT2D eigenvalue weighted by atomic mass is 10.0. The number of rotatable bonds is 1. The lowest BCUT2D eigenvalue weighted by molar-refractivity contribution is -0.141. The zero-order chi connectivity index (χ0) is 9.76. The molecule has 78 valence electrons. The molecule has 0 unspecified atom stereocenters. The van der Waals surface area contributed by atoms with Crippen LogP contribution in [0.3, 0.4) is 0 Å². The summed E-state index contributed by atoms with van der Waals surface area (Å²) in [5.41, 5.74) is -0.946. The molecule has 0 radical (unpaired) electrons. The average molecular weight is 195 g/mol. The minimum absolute atomic E-state index is 0.00639. The number of nitrogens with zero attached hydrogens (tertiary/aromatic N) is 1. The first-order valence-electron chi connectivity index (χ1n) is 5.71. The van der Waals surface area contributed by atoms with Crippen LogP contribution >= 0.6 is 0 Å². The molecule has 1 saturated heterocycles. The molecule has 3 fully saturated rings. The highest BCUT2D eigenvalue weighted by Gasteiger charge is 2.52. The Hall–Kier alpha value is -0.570. The molecule has 1 aliphatic heterocycles. The summed E-state index contributed by atoms with van der Waals surface area (Å²) >= 11 is 0. The highest BCUT2D eigenvalue weighted by Crippen LogP contribution is 2.42. The second-order valence-corrected chi connectivity index (χ2v) is 5.19. The van der Waals surface area contributed by atoms with E-state index in [0.717, 1.165) is 24.9 Å². The smallest absolute Gasteiger partial charge is 0.254 e. The predicted octanol–water partition coefficient (Wildman–Crippen LogP) is 0.770. The van der Waals surface area contributed by atoms with E-state index >= 15 is 0 Å². The molecule has 3 heteroatoms. The molecule has 1 amide bonds. The molecule has 0 aromatic rings. The zero-order valence-corrected chi connectivity index (χ0v) is 8.41. The molecule has 1 heterocycles. The number of fused-ring (bicyclic) bond motifs is 1. The largest absolute Gasteiger partial charge is 0.380 e. The van der Waals surface area contributed by atoms with E-state index in [1.54, 1.807) is 0 Å². The minimum Gasteiger partial charge on any atom is -0.380 e. The van der Waals surface area contributed by atoms with Gasteiger partial charge in [-0.15, -0.1) is 0 Å². The van der Waals surface area contributed by atoms with Crippen LogP contribution in [0.2, 0.25) is 0 Å². The normalized spacial score (nSPS) is 38.5. The van der Waals surface area contributed by atoms with Gasteiger partial charge in [-0.2, -0.15) is 0 Å². The molecule has 0 aromatic heterocycles. The third-order valence-electron chi connectivity index (χ3n) is 4.14. The first-order valence-corrected chi connectivity index (χ1v) is 5.71. The van der Waals surface area contributed by atoms with Gasteiger partial charge in [0.1, 0.15) is 5.60 Å². The van der Waals surface area contributed by atoms with Gasteiger partial charge < -0.3 is 10.0 Å². The van der Waals surface area contributed by atoms with Crippen molar-refractivity contribution in [2.45, 2.75) is 37.7 Å². The van der Waals surface area contributed by atoms with Crippen LogP contribution in [-0.2, 0) is 4.79 Å². The Morgan fingerprint density at radius 3 is 2.29 bits per heavy atom. The number of hydrogen-bond acceptors (Lipinski definition) is 2. The number of likely N-dealkylation sites (tertiary alicyclic amines) is 1. The van der Waals surface area contributed by atoms with Crippen LogP contribution in [0.25, 0.3) is 0 Å². The van der Waals surface area contributed by atoms with Crippen molar-refractivity contribution in [3.05, 3.63) is 0 Å². The Morgan fingerprint density at radius 2 is 1.79 bits per heavy atom. The van der Waals surface area contributed by atoms with Crippen molar-refractivity contribution < 1.29 is 9.90 Å². The van der Waals surface area contributed by atoms with E-state index in [9.17, 15) is 9.90 Å². The summed E-state index contributed by atoms with van der Waals surface area (Å²) in [6.07, 6.45) is 5.26. The maximum atomic E-state index is 11.8. The number of carbonyl (C=O) groups excluding carboxylic acids is 1. The van der Waals surface area contributed by atoms with Crippen LogP contribution in [-0.4, -0.2) is 34.6 Å². The lowest BCUT2D eigenvalue weighted by Gasteiger charge is -2.20. The van der Waals surface area contributed by atoms with Gasteiger partial charge in [0.15, 0.2) is 0 Å². The molecule has 2 saturated carbocycles. The van der Waals surface area contributed by atoms with Crippen LogP contribution < -0.4 is 0 Å². The Bertz CT molecular complexity index is 260. The summed E-state index contributed by atoms with van der Waals surface area (Å²) in [7, 11) is 0. The van der Waals surface area contributed by atoms with Gasteiger partial charge in [-0.25, -0.2) is 0 Å². The molecular weight excluding hydrogens is 178 g/mol. The summed E-state index contributed by atoms with van der Waals surface area (Å²) in [5.74, 6) is 1.48. The number of carbonyl (C=O) groups is 1. The van der Waals surface area contributed by atoms with Gasteiger partial charge in [0, 0.05) is 13.1 Å². The van der Waals surface area contributed by atoms with Crippen LogP contribution in [0.15, 0.2) is 0 Å². The van der Waals surface area contributed by atoms with E-state index in [1.165, 1.54) is 19.3 Å². The highest BCUT2D eigenvalue weighted by molar-refractivity contribution is 5.88. The summed E-state index contributed by atoms with van der Waals surface area (Å²) in [4.78, 5) is 13.7. The minimum atomic E-state index is -0.946. The molecular formula is C11H17NO2. The zero-order valence-electron chi connectivity index (χ0n) is 8.41. The molecule has 1 N–H and O–H groups in total. The van der Waals surface area contributed by atoms with Crippen LogP contribution in [0.4, 0.5) is 0 Å². The molecule has 3 nitrogen and oxygen atoms in total. The first kappa shape index (κ1) is 8.72. The summed E-state index contributed by atoms with van der Waals surface area (Å²) in [5, 5.41) is 9.73. The average Bonchev–Trinajstić information content (AvgIpc) is 2.63. The number of aliphatic hydroxyl groups is 1. The number of amides is 1. The molecule has 2 atom stereocenters. The second kappa shape index (κ2) is 2.72. The molecule has 0 spiro atoms. The fourth-order valence-electron chi connectivity index (χ4n) is 3.03. The van der Waals surface area contributed by atoms with E-state index < -0.39 is 5.60 Å². The number of hydrogen-bond donors (Lipinski definition) is 1. The quantitative estimate of drug-likeness (QED) is 0.671. The maximum Gasteiger partial charge on any atom is 0.254 e. The maximum absolute atomic E-state index is 11.8. The fraction of sp³-hybridized carbons (Fsp3) is 0.909. The van der Waals surface area contributed by atoms with Crippen molar-refractivity contribution in [1.29, 1.82) is 0 Å². The van der Waals surface area contributed by atoms with Crippen LogP contribution in [0, 0.1) is 11.8 Å². The summed E-state index contributed by atoms with van der Waals surface area (Å²) in [6.45, 7) is 1.82. The Morgan fingerprint density at radius 1 is 1.21 bits per heavy atom. The van der Waals surface area contributed by atoms with Crippen molar-refractivity contribution in [2.75, 3.05) is 13.1 Å². The molecule has 14 heavy (non-hydrogen) atoms. The van der Waals surface area contributed by atoms with Gasteiger partial charge in [-0.1, -0.05) is 6.42 Å². The first-order chi connectivity index (χ1) is 6.69. The molecule has 2 aliphatic carbocycles. The third kappa shape index (κ3) is 1.18. The van der Waals surface area contributed by atoms with Crippen molar-refractivity contribution in [2.24, 2.45) is 11.8 Å². The molecule has 0 aromatic carbocycles. The van der Waals surface area contributed by atoms with E-state index in [1.807, 2.05) is 4.90 Å². The van der Waals surface area contributed by atoms with Crippen LogP contribution in [0.5, 0.6) is 0 Å². The van der Waals surface area contributed by atoms with Gasteiger partial charge in [0.25, 0.3) is 5.91 Å². The SMILES string of the molecule is O=C(N1C[C@H]2CCC[C@H]2C1)C1(O)CC1. The van der Waals surface area contributed by atoms with Gasteiger partial charge in [0.2, 0.25) is 0 Å². The monoisotopic (exact) mass is 195 g/mol. The summed E-state index contributed by atoms with van der Waals surface area (Å²) in [6, 6.07) is 0. The third-order valence-corrected chi connectivity index (χ3v) is 4.14. The molecule has 3 rings (SSSR count). The fourth-order valence-corrected chi connectivity index (χ4v) is 3.03. The van der Waals surface area contributed by atoms with Crippen molar-refractivity contribution in [1.82, 2.24) is 4.90 Å². The van der Waals surface area contributed by atoms with E-state index in [-0.39, 0.29) is 5.91 Å². The standard InChI is InChI=1S/C11H17NO2/c13-10(11(14)4-5-11)12-6-8-2-1-3-9(8)7-12/h8-9,14H,1-7H2/t8-,9+. The van der Waals surface area contributed by atoms with Crippen LogP contribution in [0.1, 0.15) is 32.1 Å². The Kier molecular flexibility index (Phi) is 1.69. The van der Waals surface area contributed by atoms with E-state index in [0.29, 0.717) is 12.8 Å². The molecule has 3 aliphatic rings. The Labute approximate surface area is 84.1 Å². The predicted molar refractivity (Wildman–Crippen MR) is 51.6 cm³/mol. The molecule has 0 bridgehead atoms. The second-order valence-electron chi connectivity index (χ2n) is 5.19. The lowest BCUT2D eigenvalue weighted by Crippen LogP contribution is -2.39. The van der Waals surface area contributed by atoms with E-state index in [4.69, 9.17) is 0 Å². The van der Waals surface area contributed by atoms with Gasteiger partial charge in [0.05, 0.1) is 0 Å². The van der Waals surface area contributed by atoms with Gasteiger partial charge >= 0.3 is 0 Å². The van der Waals surface area contributed by atoms with Crippen molar-refractivity contribution >= 4 is 5.91 Å². The van der Waals surface area contributed by atoms with Crippen molar-refractivity contribution in [3.8, 4) is 0 Å². The highest BCUT2D eigenvalue weighted by atomic mass is 16.3. The van der Waals surface area contributed by atoms with Crippen molar-refractivity contribution in [3.63, 3.8) is 0 Å².